The molecule has 0 atom stereocenters. The van der Waals surface area contributed by atoms with Crippen LogP contribution in [0.25, 0.3) is 6.08 Å². The molecule has 1 heterocycles. The van der Waals surface area contributed by atoms with E-state index in [9.17, 15) is 9.59 Å². The van der Waals surface area contributed by atoms with E-state index < -0.39 is 0 Å². The second-order valence-electron chi connectivity index (χ2n) is 4.79. The molecule has 2 aromatic rings. The van der Waals surface area contributed by atoms with E-state index in [4.69, 9.17) is 0 Å². The first-order valence-electron chi connectivity index (χ1n) is 6.56. The van der Waals surface area contributed by atoms with Crippen LogP contribution in [0.1, 0.15) is 38.9 Å². The Balaban J connectivity index is 2.08. The number of carbonyl (C=O) groups is 2. The summed E-state index contributed by atoms with van der Waals surface area (Å²) < 4.78 is 1.79. The molecule has 0 amide bonds. The zero-order valence-corrected chi connectivity index (χ0v) is 11.4. The molecule has 1 aliphatic carbocycles. The monoisotopic (exact) mass is 266 g/mol. The van der Waals surface area contributed by atoms with E-state index in [0.717, 1.165) is 17.8 Å². The van der Waals surface area contributed by atoms with Crippen molar-refractivity contribution in [2.75, 3.05) is 0 Å². The van der Waals surface area contributed by atoms with Gasteiger partial charge in [-0.2, -0.15) is 5.10 Å². The molecule has 0 radical (unpaired) electrons. The van der Waals surface area contributed by atoms with Gasteiger partial charge in [0, 0.05) is 29.4 Å². The van der Waals surface area contributed by atoms with Crippen molar-refractivity contribution >= 4 is 17.6 Å². The van der Waals surface area contributed by atoms with Crippen molar-refractivity contribution in [2.24, 2.45) is 0 Å². The number of rotatable bonds is 2. The van der Waals surface area contributed by atoms with Crippen molar-refractivity contribution < 1.29 is 9.59 Å². The first-order chi connectivity index (χ1) is 9.61. The van der Waals surface area contributed by atoms with E-state index in [1.165, 1.54) is 0 Å². The number of aromatic nitrogens is 2. The fraction of sp³-hybridized carbons (Fsp3) is 0.188. The maximum absolute atomic E-state index is 12.3. The molecule has 1 aromatic carbocycles. The molecule has 0 fully saturated rings. The molecule has 0 unspecified atom stereocenters. The molecule has 1 aliphatic rings. The number of ketones is 2. The van der Waals surface area contributed by atoms with Crippen molar-refractivity contribution in [3.8, 4) is 0 Å². The molecule has 4 nitrogen and oxygen atoms in total. The Morgan fingerprint density at radius 2 is 1.75 bits per heavy atom. The van der Waals surface area contributed by atoms with E-state index in [1.54, 1.807) is 35.0 Å². The van der Waals surface area contributed by atoms with Crippen molar-refractivity contribution in [3.63, 3.8) is 0 Å². The summed E-state index contributed by atoms with van der Waals surface area (Å²) in [4.78, 5) is 24.6. The van der Waals surface area contributed by atoms with E-state index in [2.05, 4.69) is 5.10 Å². The minimum Gasteiger partial charge on any atom is -0.288 e. The summed E-state index contributed by atoms with van der Waals surface area (Å²) >= 11 is 0. The Kier molecular flexibility index (Phi) is 2.86. The quantitative estimate of drug-likeness (QED) is 0.620. The van der Waals surface area contributed by atoms with Gasteiger partial charge >= 0.3 is 0 Å². The molecule has 0 N–H and O–H groups in total. The molecule has 20 heavy (non-hydrogen) atoms. The van der Waals surface area contributed by atoms with Crippen LogP contribution in [0.5, 0.6) is 0 Å². The summed E-state index contributed by atoms with van der Waals surface area (Å²) in [6, 6.07) is 6.93. The Morgan fingerprint density at radius 3 is 2.25 bits per heavy atom. The number of hydrogen-bond acceptors (Lipinski definition) is 3. The lowest BCUT2D eigenvalue weighted by Gasteiger charge is -1.93. The summed E-state index contributed by atoms with van der Waals surface area (Å²) in [6.07, 6.45) is 3.50. The van der Waals surface area contributed by atoms with Crippen LogP contribution in [-0.4, -0.2) is 21.3 Å². The molecule has 0 spiro atoms. The third-order valence-electron chi connectivity index (χ3n) is 3.51. The molecule has 4 heteroatoms. The topological polar surface area (TPSA) is 52.0 Å². The van der Waals surface area contributed by atoms with Gasteiger partial charge in [0.2, 0.25) is 0 Å². The Hall–Kier alpha value is -2.49. The summed E-state index contributed by atoms with van der Waals surface area (Å²) in [7, 11) is 0. The summed E-state index contributed by atoms with van der Waals surface area (Å²) in [5, 5.41) is 4.32. The molecule has 3 rings (SSSR count). The molecular formula is C16H14N2O2. The smallest absolute Gasteiger partial charge is 0.197 e. The largest absolute Gasteiger partial charge is 0.288 e. The van der Waals surface area contributed by atoms with Gasteiger partial charge < -0.3 is 0 Å². The minimum atomic E-state index is -0.200. The lowest BCUT2D eigenvalue weighted by atomic mass is 10.1. The van der Waals surface area contributed by atoms with Crippen LogP contribution in [-0.2, 0) is 6.54 Å². The molecule has 100 valence electrons. The summed E-state index contributed by atoms with van der Waals surface area (Å²) in [5.41, 5.74) is 2.84. The number of fused-ring (bicyclic) bond motifs is 1. The first-order valence-corrected chi connectivity index (χ1v) is 6.56. The number of Topliss-reactive ketones (excluding diaryl/α,β-unsaturated/α-hetero) is 2. The van der Waals surface area contributed by atoms with Gasteiger partial charge in [-0.1, -0.05) is 24.3 Å². The van der Waals surface area contributed by atoms with Gasteiger partial charge in [0.25, 0.3) is 0 Å². The third kappa shape index (κ3) is 1.81. The maximum atomic E-state index is 12.3. The van der Waals surface area contributed by atoms with E-state index in [-0.39, 0.29) is 17.1 Å². The van der Waals surface area contributed by atoms with E-state index in [0.29, 0.717) is 11.1 Å². The second kappa shape index (κ2) is 4.56. The van der Waals surface area contributed by atoms with Crippen molar-refractivity contribution in [3.05, 3.63) is 58.4 Å². The van der Waals surface area contributed by atoms with Gasteiger partial charge in [-0.3, -0.25) is 14.3 Å². The van der Waals surface area contributed by atoms with E-state index >= 15 is 0 Å². The van der Waals surface area contributed by atoms with Crippen LogP contribution in [0.3, 0.4) is 0 Å². The standard InChI is InChI=1S/C16H14N2O2/c1-3-18-9-11(10(2)17-18)8-14-15(19)12-6-4-5-7-13(12)16(14)20/h4-9H,3H2,1-2H3. The average molecular weight is 266 g/mol. The lowest BCUT2D eigenvalue weighted by molar-refractivity contribution is 0.0990. The Labute approximate surface area is 116 Å². The van der Waals surface area contributed by atoms with Crippen LogP contribution in [0, 0.1) is 6.92 Å². The van der Waals surface area contributed by atoms with Gasteiger partial charge in [0.05, 0.1) is 11.3 Å². The van der Waals surface area contributed by atoms with Gasteiger partial charge in [0.15, 0.2) is 11.6 Å². The van der Waals surface area contributed by atoms with Gasteiger partial charge in [-0.25, -0.2) is 0 Å². The van der Waals surface area contributed by atoms with Crippen LogP contribution in [0.15, 0.2) is 36.0 Å². The summed E-state index contributed by atoms with van der Waals surface area (Å²) in [6.45, 7) is 4.62. The van der Waals surface area contributed by atoms with Crippen molar-refractivity contribution in [1.82, 2.24) is 9.78 Å². The van der Waals surface area contributed by atoms with Crippen LogP contribution >= 0.6 is 0 Å². The predicted octanol–water partition coefficient (Wildman–Crippen LogP) is 2.67. The van der Waals surface area contributed by atoms with Crippen molar-refractivity contribution in [1.29, 1.82) is 0 Å². The van der Waals surface area contributed by atoms with Crippen molar-refractivity contribution in [2.45, 2.75) is 20.4 Å². The first kappa shape index (κ1) is 12.5. The number of carbonyl (C=O) groups excluding carboxylic acids is 2. The highest BCUT2D eigenvalue weighted by atomic mass is 16.2. The molecule has 0 bridgehead atoms. The van der Waals surface area contributed by atoms with Crippen LogP contribution in [0.4, 0.5) is 0 Å². The Bertz CT molecular complexity index is 717. The average Bonchev–Trinajstić information content (AvgIpc) is 2.93. The highest BCUT2D eigenvalue weighted by molar-refractivity contribution is 6.41. The highest BCUT2D eigenvalue weighted by Crippen LogP contribution is 2.28. The maximum Gasteiger partial charge on any atom is 0.197 e. The van der Waals surface area contributed by atoms with Crippen LogP contribution in [0.2, 0.25) is 0 Å². The fourth-order valence-electron chi connectivity index (χ4n) is 2.40. The number of hydrogen-bond donors (Lipinski definition) is 0. The number of allylic oxidation sites excluding steroid dienone is 1. The van der Waals surface area contributed by atoms with Gasteiger partial charge in [-0.15, -0.1) is 0 Å². The molecule has 0 aliphatic heterocycles. The van der Waals surface area contributed by atoms with Gasteiger partial charge in [0.1, 0.15) is 0 Å². The number of benzene rings is 1. The predicted molar refractivity (Wildman–Crippen MR) is 75.7 cm³/mol. The second-order valence-corrected chi connectivity index (χ2v) is 4.79. The highest BCUT2D eigenvalue weighted by Gasteiger charge is 2.32. The fourth-order valence-corrected chi connectivity index (χ4v) is 2.40. The Morgan fingerprint density at radius 1 is 1.15 bits per heavy atom. The zero-order valence-electron chi connectivity index (χ0n) is 11.4. The minimum absolute atomic E-state index is 0.200. The number of nitrogens with zero attached hydrogens (tertiary/aromatic N) is 2. The lowest BCUT2D eigenvalue weighted by Crippen LogP contribution is -2.00. The molecule has 1 aromatic heterocycles. The summed E-state index contributed by atoms with van der Waals surface area (Å²) in [5.74, 6) is -0.400. The third-order valence-corrected chi connectivity index (χ3v) is 3.51. The number of aryl methyl sites for hydroxylation is 2. The van der Waals surface area contributed by atoms with Crippen LogP contribution < -0.4 is 0 Å². The molecule has 0 saturated heterocycles. The van der Waals surface area contributed by atoms with E-state index in [1.807, 2.05) is 20.0 Å². The zero-order chi connectivity index (χ0) is 14.3. The normalized spacial score (nSPS) is 13.8. The molecule has 0 saturated carbocycles. The van der Waals surface area contributed by atoms with Gasteiger partial charge in [-0.05, 0) is 19.9 Å². The SMILES string of the molecule is CCn1cc(C=C2C(=O)c3ccccc3C2=O)c(C)n1. The molecular weight excluding hydrogens is 252 g/mol.